The Morgan fingerprint density at radius 3 is 2.63 bits per heavy atom. The first-order chi connectivity index (χ1) is 14.5. The van der Waals surface area contributed by atoms with Gasteiger partial charge in [0.05, 0.1) is 16.9 Å². The van der Waals surface area contributed by atoms with Crippen molar-refractivity contribution in [2.45, 2.75) is 13.5 Å². The number of ether oxygens (including phenoxy) is 2. The minimum atomic E-state index is -0.259. The van der Waals surface area contributed by atoms with Gasteiger partial charge in [-0.05, 0) is 64.9 Å². The van der Waals surface area contributed by atoms with Crippen molar-refractivity contribution in [1.29, 1.82) is 0 Å². The van der Waals surface area contributed by atoms with E-state index in [9.17, 15) is 4.79 Å². The number of aryl methyl sites for hydroxylation is 1. The summed E-state index contributed by atoms with van der Waals surface area (Å²) in [7, 11) is 1.58. The summed E-state index contributed by atoms with van der Waals surface area (Å²) in [6.45, 7) is 2.21. The van der Waals surface area contributed by atoms with Crippen molar-refractivity contribution in [3.05, 3.63) is 91.5 Å². The van der Waals surface area contributed by atoms with Crippen LogP contribution < -0.4 is 14.9 Å². The maximum atomic E-state index is 12.3. The quantitative estimate of drug-likeness (QED) is 0.244. The summed E-state index contributed by atoms with van der Waals surface area (Å²) in [6, 6.07) is 18.6. The SMILES string of the molecule is COc1cc(/C=N/NC(=O)c2ccccc2C)cc(I)c1OCc1ccccc1Cl. The molecule has 7 heteroatoms. The summed E-state index contributed by atoms with van der Waals surface area (Å²) in [5.74, 6) is 0.936. The number of hydrazone groups is 1. The van der Waals surface area contributed by atoms with Crippen LogP contribution in [-0.4, -0.2) is 19.2 Å². The van der Waals surface area contributed by atoms with Crippen LogP contribution in [-0.2, 0) is 6.61 Å². The second-order valence-electron chi connectivity index (χ2n) is 6.43. The smallest absolute Gasteiger partial charge is 0.271 e. The highest BCUT2D eigenvalue weighted by Crippen LogP contribution is 2.34. The number of halogens is 2. The van der Waals surface area contributed by atoms with E-state index in [4.69, 9.17) is 21.1 Å². The molecular weight excluding hydrogens is 515 g/mol. The van der Waals surface area contributed by atoms with Crippen molar-refractivity contribution in [1.82, 2.24) is 5.43 Å². The van der Waals surface area contributed by atoms with Crippen LogP contribution in [0.15, 0.2) is 65.8 Å². The summed E-state index contributed by atoms with van der Waals surface area (Å²) >= 11 is 8.38. The molecule has 0 bridgehead atoms. The first kappa shape index (κ1) is 22.1. The molecule has 0 radical (unpaired) electrons. The number of benzene rings is 3. The van der Waals surface area contributed by atoms with Gasteiger partial charge in [-0.3, -0.25) is 4.79 Å². The molecule has 0 unspecified atom stereocenters. The molecule has 0 heterocycles. The highest BCUT2D eigenvalue weighted by atomic mass is 127. The molecule has 0 aliphatic carbocycles. The molecule has 30 heavy (non-hydrogen) atoms. The van der Waals surface area contributed by atoms with Gasteiger partial charge in [-0.25, -0.2) is 5.43 Å². The predicted molar refractivity (Wildman–Crippen MR) is 128 cm³/mol. The van der Waals surface area contributed by atoms with E-state index in [1.807, 2.05) is 55.5 Å². The lowest BCUT2D eigenvalue weighted by molar-refractivity contribution is 0.0954. The molecule has 3 aromatic rings. The van der Waals surface area contributed by atoms with Gasteiger partial charge in [0.2, 0.25) is 0 Å². The molecular formula is C23H20ClIN2O3. The Balaban J connectivity index is 1.72. The lowest BCUT2D eigenvalue weighted by atomic mass is 10.1. The second-order valence-corrected chi connectivity index (χ2v) is 8.00. The normalized spacial score (nSPS) is 10.8. The van der Waals surface area contributed by atoms with Crippen molar-refractivity contribution >= 4 is 46.3 Å². The number of nitrogens with one attached hydrogen (secondary N) is 1. The fourth-order valence-corrected chi connectivity index (χ4v) is 3.74. The topological polar surface area (TPSA) is 59.9 Å². The molecule has 1 N–H and O–H groups in total. The third-order valence-corrected chi connectivity index (χ3v) is 5.52. The van der Waals surface area contributed by atoms with Gasteiger partial charge in [-0.2, -0.15) is 5.10 Å². The number of hydrogen-bond donors (Lipinski definition) is 1. The molecule has 3 aromatic carbocycles. The van der Waals surface area contributed by atoms with Gasteiger partial charge in [-0.15, -0.1) is 0 Å². The molecule has 5 nitrogen and oxygen atoms in total. The molecule has 154 valence electrons. The largest absolute Gasteiger partial charge is 0.493 e. The number of carbonyl (C=O) groups excluding carboxylic acids is 1. The van der Waals surface area contributed by atoms with Gasteiger partial charge >= 0.3 is 0 Å². The van der Waals surface area contributed by atoms with Crippen molar-refractivity contribution < 1.29 is 14.3 Å². The number of amides is 1. The van der Waals surface area contributed by atoms with Crippen LogP contribution in [0.3, 0.4) is 0 Å². The Hall–Kier alpha value is -2.58. The van der Waals surface area contributed by atoms with E-state index in [0.717, 1.165) is 20.3 Å². The summed E-state index contributed by atoms with van der Waals surface area (Å²) in [4.78, 5) is 12.3. The van der Waals surface area contributed by atoms with Crippen LogP contribution in [0, 0.1) is 10.5 Å². The molecule has 0 spiro atoms. The van der Waals surface area contributed by atoms with Crippen molar-refractivity contribution in [2.75, 3.05) is 7.11 Å². The Bertz CT molecular complexity index is 1090. The van der Waals surface area contributed by atoms with Crippen LogP contribution in [0.5, 0.6) is 11.5 Å². The van der Waals surface area contributed by atoms with Crippen LogP contribution in [0.1, 0.15) is 27.0 Å². The van der Waals surface area contributed by atoms with Gasteiger partial charge in [0.15, 0.2) is 11.5 Å². The van der Waals surface area contributed by atoms with Gasteiger partial charge in [0.1, 0.15) is 6.61 Å². The number of nitrogens with zero attached hydrogens (tertiary/aromatic N) is 1. The molecule has 0 atom stereocenters. The molecule has 0 saturated carbocycles. The highest BCUT2D eigenvalue weighted by molar-refractivity contribution is 14.1. The van der Waals surface area contributed by atoms with Gasteiger partial charge in [0, 0.05) is 16.1 Å². The van der Waals surface area contributed by atoms with E-state index in [1.165, 1.54) is 0 Å². The van der Waals surface area contributed by atoms with Gasteiger partial charge < -0.3 is 9.47 Å². The lowest BCUT2D eigenvalue weighted by Gasteiger charge is -2.14. The maximum Gasteiger partial charge on any atom is 0.271 e. The zero-order chi connectivity index (χ0) is 21.5. The molecule has 0 aliphatic rings. The molecule has 0 fully saturated rings. The minimum absolute atomic E-state index is 0.259. The van der Waals surface area contributed by atoms with Crippen LogP contribution in [0.4, 0.5) is 0 Å². The Labute approximate surface area is 194 Å². The molecule has 3 rings (SSSR count). The second kappa shape index (κ2) is 10.4. The minimum Gasteiger partial charge on any atom is -0.493 e. The number of rotatable bonds is 7. The van der Waals surface area contributed by atoms with Crippen LogP contribution in [0.2, 0.25) is 5.02 Å². The van der Waals surface area contributed by atoms with Crippen LogP contribution in [0.25, 0.3) is 0 Å². The number of hydrogen-bond acceptors (Lipinski definition) is 4. The molecule has 0 saturated heterocycles. The maximum absolute atomic E-state index is 12.3. The number of methoxy groups -OCH3 is 1. The fourth-order valence-electron chi connectivity index (χ4n) is 2.77. The first-order valence-electron chi connectivity index (χ1n) is 9.12. The van der Waals surface area contributed by atoms with E-state index < -0.39 is 0 Å². The zero-order valence-electron chi connectivity index (χ0n) is 16.5. The lowest BCUT2D eigenvalue weighted by Crippen LogP contribution is -2.18. The monoisotopic (exact) mass is 534 g/mol. The number of carbonyl (C=O) groups is 1. The van der Waals surface area contributed by atoms with E-state index >= 15 is 0 Å². The average molecular weight is 535 g/mol. The zero-order valence-corrected chi connectivity index (χ0v) is 19.4. The Kier molecular flexibility index (Phi) is 7.70. The average Bonchev–Trinajstić information content (AvgIpc) is 2.74. The highest BCUT2D eigenvalue weighted by Gasteiger charge is 2.12. The van der Waals surface area contributed by atoms with Crippen molar-refractivity contribution in [3.63, 3.8) is 0 Å². The van der Waals surface area contributed by atoms with Gasteiger partial charge in [-0.1, -0.05) is 48.0 Å². The summed E-state index contributed by atoms with van der Waals surface area (Å²) in [5.41, 5.74) is 5.69. The molecule has 0 aromatic heterocycles. The molecule has 0 aliphatic heterocycles. The fraction of sp³-hybridized carbons (Fsp3) is 0.130. The first-order valence-corrected chi connectivity index (χ1v) is 10.6. The third-order valence-electron chi connectivity index (χ3n) is 4.35. The van der Waals surface area contributed by atoms with Gasteiger partial charge in [0.25, 0.3) is 5.91 Å². The summed E-state index contributed by atoms with van der Waals surface area (Å²) < 4.78 is 12.3. The van der Waals surface area contributed by atoms with Crippen LogP contribution >= 0.6 is 34.2 Å². The summed E-state index contributed by atoms with van der Waals surface area (Å²) in [5, 5.41) is 4.72. The van der Waals surface area contributed by atoms with Crippen molar-refractivity contribution in [2.24, 2.45) is 5.10 Å². The van der Waals surface area contributed by atoms with E-state index in [-0.39, 0.29) is 5.91 Å². The third kappa shape index (κ3) is 5.52. The summed E-state index contributed by atoms with van der Waals surface area (Å²) in [6.07, 6.45) is 1.57. The molecule has 1 amide bonds. The Morgan fingerprint density at radius 2 is 1.90 bits per heavy atom. The standard InChI is InChI=1S/C23H20ClIN2O3/c1-15-7-3-5-9-18(15)23(28)27-26-13-16-11-20(25)22(21(12-16)29-2)30-14-17-8-4-6-10-19(17)24/h3-13H,14H2,1-2H3,(H,27,28)/b26-13+. The Morgan fingerprint density at radius 1 is 1.17 bits per heavy atom. The van der Waals surface area contributed by atoms with E-state index in [1.54, 1.807) is 25.5 Å². The van der Waals surface area contributed by atoms with Crippen molar-refractivity contribution in [3.8, 4) is 11.5 Å². The predicted octanol–water partition coefficient (Wildman–Crippen LogP) is 5.60. The van der Waals surface area contributed by atoms with E-state index in [0.29, 0.717) is 28.7 Å². The van der Waals surface area contributed by atoms with E-state index in [2.05, 4.69) is 33.1 Å².